The molecule has 5 fully saturated rings. The predicted molar refractivity (Wildman–Crippen MR) is 183 cm³/mol. The van der Waals surface area contributed by atoms with Gasteiger partial charge in [0.15, 0.2) is 23.6 Å². The molecule has 0 radical (unpaired) electrons. The third kappa shape index (κ3) is 5.88. The predicted octanol–water partition coefficient (Wildman–Crippen LogP) is 3.33. The molecule has 0 unspecified atom stereocenters. The molecule has 4 aliphatic carbocycles. The first kappa shape index (κ1) is 39.3. The van der Waals surface area contributed by atoms with Gasteiger partial charge in [-0.1, -0.05) is 20.8 Å². The van der Waals surface area contributed by atoms with Crippen LogP contribution in [0, 0.1) is 40.9 Å². The van der Waals surface area contributed by atoms with Gasteiger partial charge in [0.25, 0.3) is 0 Å². The van der Waals surface area contributed by atoms with Gasteiger partial charge < -0.3 is 33.2 Å². The van der Waals surface area contributed by atoms with Gasteiger partial charge in [0.1, 0.15) is 23.4 Å². The molecule has 1 aliphatic heterocycles. The molecule has 2 bridgehead atoms. The van der Waals surface area contributed by atoms with Crippen molar-refractivity contribution in [3.05, 3.63) is 30.1 Å². The number of Topliss-reactive ketones (excluding diaryl/α,β-unsaturated/α-hetero) is 1. The molecule has 4 saturated carbocycles. The number of fused-ring (bicyclic) bond motifs is 2. The highest BCUT2D eigenvalue weighted by Gasteiger charge is 2.86. The molecule has 294 valence electrons. The van der Waals surface area contributed by atoms with Crippen molar-refractivity contribution >= 4 is 41.6 Å². The average molecular weight is 756 g/mol. The van der Waals surface area contributed by atoms with E-state index in [1.807, 2.05) is 6.92 Å². The summed E-state index contributed by atoms with van der Waals surface area (Å²) in [5.41, 5.74) is -6.62. The summed E-state index contributed by atoms with van der Waals surface area (Å²) in [5.74, 6) is -10.0. The van der Waals surface area contributed by atoms with E-state index in [0.29, 0.717) is 6.42 Å². The van der Waals surface area contributed by atoms with E-state index in [-0.39, 0.29) is 18.4 Å². The van der Waals surface area contributed by atoms with Gasteiger partial charge in [-0.3, -0.25) is 33.8 Å². The quantitative estimate of drug-likeness (QED) is 0.263. The maximum atomic E-state index is 15.6. The lowest BCUT2D eigenvalue weighted by Crippen LogP contribution is -2.75. The van der Waals surface area contributed by atoms with Crippen LogP contribution in [0.5, 0.6) is 0 Å². The van der Waals surface area contributed by atoms with Crippen LogP contribution >= 0.6 is 0 Å². The maximum Gasteiger partial charge on any atom is 0.339 e. The molecule has 1 saturated heterocycles. The first-order valence-corrected chi connectivity index (χ1v) is 18.5. The summed E-state index contributed by atoms with van der Waals surface area (Å²) in [6, 6.07) is 3.06. The topological polar surface area (TPSA) is 197 Å². The minimum atomic E-state index is -1.91. The molecule has 0 N–H and O–H groups in total. The Kier molecular flexibility index (Phi) is 9.98. The van der Waals surface area contributed by atoms with Crippen molar-refractivity contribution in [2.45, 2.75) is 123 Å². The first-order valence-electron chi connectivity index (χ1n) is 18.5. The van der Waals surface area contributed by atoms with Gasteiger partial charge in [-0.05, 0) is 51.2 Å². The molecular weight excluding hydrogens is 706 g/mol. The highest BCUT2D eigenvalue weighted by molar-refractivity contribution is 5.95. The Labute approximate surface area is 313 Å². The zero-order valence-corrected chi connectivity index (χ0v) is 32.1. The number of aromatic nitrogens is 1. The first-order chi connectivity index (χ1) is 25.3. The smallest absolute Gasteiger partial charge is 0.339 e. The molecule has 1 aromatic rings. The molecule has 1 aromatic heterocycles. The minimum Gasteiger partial charge on any atom is -0.461 e. The van der Waals surface area contributed by atoms with Gasteiger partial charge in [-0.2, -0.15) is 0 Å². The Hall–Kier alpha value is -4.40. The van der Waals surface area contributed by atoms with Crippen LogP contribution in [0.15, 0.2) is 24.5 Å². The summed E-state index contributed by atoms with van der Waals surface area (Å²) < 4.78 is 43.8. The number of nitrogens with zero attached hydrogens (tertiary/aromatic N) is 1. The van der Waals surface area contributed by atoms with Crippen molar-refractivity contribution in [2.75, 3.05) is 6.61 Å². The molecular formula is C39H49NO14. The number of carbonyl (C=O) groups is 7. The molecule has 15 nitrogen and oxygen atoms in total. The van der Waals surface area contributed by atoms with E-state index in [1.54, 1.807) is 33.8 Å². The molecule has 2 heterocycles. The van der Waals surface area contributed by atoms with E-state index < -0.39 is 130 Å². The molecule has 5 aliphatic rings. The Morgan fingerprint density at radius 1 is 0.907 bits per heavy atom. The summed E-state index contributed by atoms with van der Waals surface area (Å²) in [5, 5.41) is 0. The fourth-order valence-corrected chi connectivity index (χ4v) is 10.8. The molecule has 0 amide bonds. The van der Waals surface area contributed by atoms with Crippen molar-refractivity contribution in [2.24, 2.45) is 40.9 Å². The minimum absolute atomic E-state index is 0.0738. The monoisotopic (exact) mass is 755 g/mol. The Balaban J connectivity index is 1.65. The highest BCUT2D eigenvalue weighted by atomic mass is 16.6. The highest BCUT2D eigenvalue weighted by Crippen LogP contribution is 2.73. The summed E-state index contributed by atoms with van der Waals surface area (Å²) in [6.45, 7) is 12.9. The van der Waals surface area contributed by atoms with E-state index >= 15 is 4.79 Å². The van der Waals surface area contributed by atoms with E-state index in [9.17, 15) is 28.8 Å². The zero-order valence-electron chi connectivity index (χ0n) is 32.1. The van der Waals surface area contributed by atoms with Crippen molar-refractivity contribution in [3.8, 4) is 0 Å². The lowest BCUT2D eigenvalue weighted by atomic mass is 9.42. The van der Waals surface area contributed by atoms with Crippen molar-refractivity contribution in [1.82, 2.24) is 4.98 Å². The largest absolute Gasteiger partial charge is 0.461 e. The number of carbonyl (C=O) groups excluding carboxylic acids is 7. The third-order valence-corrected chi connectivity index (χ3v) is 12.7. The SMILES string of the molecule is CC[C@@H](C)C(=O)O[C@H]1C(=O)[C@@]23CO[C@@](C)([C@H](OC(C)=O)[C@@]4(OC(C)=O)C[C@H](C)[C@H](OC(=O)c5cccnc5)[C@@H]4[C@H]2OC(C)=O)[C@@H]3[C@@H]2[C@H]1C[C@]2(C)OC(C)=O. The molecule has 14 atom stereocenters. The van der Waals surface area contributed by atoms with Crippen LogP contribution in [0.4, 0.5) is 0 Å². The van der Waals surface area contributed by atoms with Crippen LogP contribution in [-0.4, -0.2) is 94.4 Å². The van der Waals surface area contributed by atoms with Crippen LogP contribution in [0.25, 0.3) is 0 Å². The van der Waals surface area contributed by atoms with Crippen molar-refractivity contribution < 1.29 is 66.7 Å². The average Bonchev–Trinajstić information content (AvgIpc) is 3.52. The second-order valence-electron chi connectivity index (χ2n) is 16.2. The number of esters is 6. The van der Waals surface area contributed by atoms with E-state index in [2.05, 4.69) is 4.98 Å². The Morgan fingerprint density at radius 2 is 1.57 bits per heavy atom. The third-order valence-electron chi connectivity index (χ3n) is 12.7. The zero-order chi connectivity index (χ0) is 39.7. The van der Waals surface area contributed by atoms with Crippen LogP contribution in [-0.2, 0) is 61.9 Å². The number of pyridine rings is 1. The fraction of sp³-hybridized carbons (Fsp3) is 0.692. The van der Waals surface area contributed by atoms with Gasteiger partial charge in [0.05, 0.1) is 29.4 Å². The van der Waals surface area contributed by atoms with Crippen LogP contribution in [0.1, 0.15) is 91.9 Å². The van der Waals surface area contributed by atoms with Gasteiger partial charge in [0.2, 0.25) is 0 Å². The van der Waals surface area contributed by atoms with Crippen LogP contribution < -0.4 is 0 Å². The summed E-state index contributed by atoms with van der Waals surface area (Å²) >= 11 is 0. The Bertz CT molecular complexity index is 1750. The summed E-state index contributed by atoms with van der Waals surface area (Å²) in [4.78, 5) is 99.3. The second kappa shape index (κ2) is 13.7. The lowest BCUT2D eigenvalue weighted by Gasteiger charge is -2.64. The van der Waals surface area contributed by atoms with Crippen molar-refractivity contribution in [1.29, 1.82) is 0 Å². The normalized spacial score (nSPS) is 40.6. The lowest BCUT2D eigenvalue weighted by molar-refractivity contribution is -0.261. The molecule has 0 aromatic carbocycles. The second-order valence-corrected chi connectivity index (χ2v) is 16.2. The molecule has 0 spiro atoms. The van der Waals surface area contributed by atoms with Gasteiger partial charge in [-0.25, -0.2) is 4.79 Å². The summed E-state index contributed by atoms with van der Waals surface area (Å²) in [7, 11) is 0. The summed E-state index contributed by atoms with van der Waals surface area (Å²) in [6.07, 6.45) is -2.32. The van der Waals surface area contributed by atoms with Gasteiger partial charge in [0, 0.05) is 57.8 Å². The number of rotatable bonds is 9. The van der Waals surface area contributed by atoms with Gasteiger partial charge in [-0.15, -0.1) is 0 Å². The number of ketones is 1. The molecule has 15 heteroatoms. The van der Waals surface area contributed by atoms with E-state index in [1.165, 1.54) is 39.2 Å². The standard InChI is InChI=1S/C39H49NO14/c1-10-18(2)33(46)52-29-25-15-36(8,53-22(6)43)26(25)30-37(9)35(50-21(5)42)39(54-23(7)44)14-19(3)28(51-34(47)24-12-11-13-40-16-24)27(39)32(49-20(4)41)38(30,17-48-37)31(29)45/h11-13,16,18-19,25-30,32,35H,10,14-15,17H2,1-9H3/t18-,19+,25-,26+,27-,28+,29-,30+,32-,35+,36+,37-,38+,39-/m1/s1. The van der Waals surface area contributed by atoms with Crippen LogP contribution in [0.3, 0.4) is 0 Å². The molecule has 54 heavy (non-hydrogen) atoms. The number of ether oxygens (including phenoxy) is 7. The van der Waals surface area contributed by atoms with E-state index in [0.717, 1.165) is 6.92 Å². The number of hydrogen-bond acceptors (Lipinski definition) is 15. The maximum absolute atomic E-state index is 15.6. The van der Waals surface area contributed by atoms with Crippen molar-refractivity contribution in [3.63, 3.8) is 0 Å². The Morgan fingerprint density at radius 3 is 2.15 bits per heavy atom. The number of hydrogen-bond donors (Lipinski definition) is 0. The fourth-order valence-electron chi connectivity index (χ4n) is 10.8. The van der Waals surface area contributed by atoms with Gasteiger partial charge >= 0.3 is 35.8 Å². The molecule has 6 rings (SSSR count). The van der Waals surface area contributed by atoms with Crippen LogP contribution in [0.2, 0.25) is 0 Å². The van der Waals surface area contributed by atoms with E-state index in [4.69, 9.17) is 33.2 Å².